The Hall–Kier alpha value is -1.11. The Bertz CT molecular complexity index is 457. The van der Waals surface area contributed by atoms with E-state index in [1.807, 2.05) is 18.9 Å². The van der Waals surface area contributed by atoms with Crippen molar-refractivity contribution in [2.24, 2.45) is 0 Å². The molecule has 0 saturated heterocycles. The van der Waals surface area contributed by atoms with Gasteiger partial charge >= 0.3 is 0 Å². The van der Waals surface area contributed by atoms with E-state index >= 15 is 0 Å². The molecule has 5 nitrogen and oxygen atoms in total. The van der Waals surface area contributed by atoms with Crippen molar-refractivity contribution < 1.29 is 8.42 Å². The van der Waals surface area contributed by atoms with E-state index in [2.05, 4.69) is 4.72 Å². The van der Waals surface area contributed by atoms with Gasteiger partial charge in [-0.15, -0.1) is 0 Å². The molecule has 0 saturated carbocycles. The number of nitrogens with two attached hydrogens (primary N) is 1. The Kier molecular flexibility index (Phi) is 5.58. The van der Waals surface area contributed by atoms with Crippen LogP contribution in [0.25, 0.3) is 0 Å². The number of benzene rings is 1. The summed E-state index contributed by atoms with van der Waals surface area (Å²) < 4.78 is 26.2. The third kappa shape index (κ3) is 5.48. The molecule has 0 aromatic heterocycles. The number of anilines is 1. The highest BCUT2D eigenvalue weighted by molar-refractivity contribution is 7.88. The van der Waals surface area contributed by atoms with E-state index in [1.165, 1.54) is 0 Å². The summed E-state index contributed by atoms with van der Waals surface area (Å²) in [5.41, 5.74) is 6.92. The summed E-state index contributed by atoms with van der Waals surface area (Å²) in [6, 6.07) is 6.87. The fraction of sp³-hybridized carbons (Fsp3) is 0.500. The van der Waals surface area contributed by atoms with E-state index in [9.17, 15) is 8.42 Å². The van der Waals surface area contributed by atoms with Gasteiger partial charge in [0.15, 0.2) is 0 Å². The maximum atomic E-state index is 11.8. The minimum atomic E-state index is -3.27. The number of rotatable bonds is 7. The van der Waals surface area contributed by atoms with Crippen molar-refractivity contribution in [1.29, 1.82) is 0 Å². The van der Waals surface area contributed by atoms with Gasteiger partial charge in [-0.2, -0.15) is 0 Å². The lowest BCUT2D eigenvalue weighted by molar-refractivity contribution is 0.358. The molecule has 0 aliphatic carbocycles. The lowest BCUT2D eigenvalue weighted by Gasteiger charge is -2.14. The summed E-state index contributed by atoms with van der Waals surface area (Å²) in [7, 11) is -1.32. The van der Waals surface area contributed by atoms with Gasteiger partial charge in [0.1, 0.15) is 0 Å². The first-order chi connectivity index (χ1) is 8.43. The van der Waals surface area contributed by atoms with Crippen LogP contribution in [0.5, 0.6) is 0 Å². The highest BCUT2D eigenvalue weighted by atomic mass is 32.2. The standard InChI is InChI=1S/C12H21N3O2S/c1-3-15(2)9-8-14-18(16,17)10-11-4-6-12(13)7-5-11/h4-7,14H,3,8-10,13H2,1-2H3. The molecule has 0 spiro atoms. The first kappa shape index (κ1) is 14.9. The molecule has 102 valence electrons. The van der Waals surface area contributed by atoms with E-state index in [0.29, 0.717) is 18.8 Å². The predicted octanol–water partition coefficient (Wildman–Crippen LogP) is 0.640. The lowest BCUT2D eigenvalue weighted by atomic mass is 10.2. The molecular weight excluding hydrogens is 250 g/mol. The normalized spacial score (nSPS) is 11.9. The van der Waals surface area contributed by atoms with Gasteiger partial charge in [0.05, 0.1) is 5.75 Å². The molecule has 0 aliphatic heterocycles. The maximum Gasteiger partial charge on any atom is 0.215 e. The number of nitrogens with zero attached hydrogens (tertiary/aromatic N) is 1. The molecule has 0 fully saturated rings. The third-order valence-corrected chi connectivity index (χ3v) is 4.05. The van der Waals surface area contributed by atoms with Crippen molar-refractivity contribution in [3.8, 4) is 0 Å². The predicted molar refractivity (Wildman–Crippen MR) is 74.7 cm³/mol. The highest BCUT2D eigenvalue weighted by Gasteiger charge is 2.10. The zero-order valence-electron chi connectivity index (χ0n) is 10.9. The molecule has 3 N–H and O–H groups in total. The molecule has 0 atom stereocenters. The van der Waals surface area contributed by atoms with Crippen molar-refractivity contribution in [2.75, 3.05) is 32.4 Å². The largest absolute Gasteiger partial charge is 0.399 e. The number of hydrogen-bond acceptors (Lipinski definition) is 4. The average Bonchev–Trinajstić information content (AvgIpc) is 2.31. The second-order valence-electron chi connectivity index (χ2n) is 4.29. The molecule has 0 heterocycles. The third-order valence-electron chi connectivity index (χ3n) is 2.69. The van der Waals surface area contributed by atoms with Crippen LogP contribution in [0.2, 0.25) is 0 Å². The molecule has 0 unspecified atom stereocenters. The number of likely N-dealkylation sites (N-methyl/N-ethyl adjacent to an activating group) is 1. The van der Waals surface area contributed by atoms with E-state index in [4.69, 9.17) is 5.73 Å². The summed E-state index contributed by atoms with van der Waals surface area (Å²) >= 11 is 0. The van der Waals surface area contributed by atoms with Crippen LogP contribution in [0, 0.1) is 0 Å². The van der Waals surface area contributed by atoms with Crippen LogP contribution >= 0.6 is 0 Å². The van der Waals surface area contributed by atoms with Crippen LogP contribution in [0.1, 0.15) is 12.5 Å². The van der Waals surface area contributed by atoms with Crippen molar-refractivity contribution in [1.82, 2.24) is 9.62 Å². The zero-order chi connectivity index (χ0) is 13.6. The Morgan fingerprint density at radius 3 is 2.44 bits per heavy atom. The summed E-state index contributed by atoms with van der Waals surface area (Å²) in [6.07, 6.45) is 0. The molecule has 1 rings (SSSR count). The summed E-state index contributed by atoms with van der Waals surface area (Å²) in [5, 5.41) is 0. The van der Waals surface area contributed by atoms with Crippen molar-refractivity contribution in [3.63, 3.8) is 0 Å². The SMILES string of the molecule is CCN(C)CCNS(=O)(=O)Cc1ccc(N)cc1. The van der Waals surface area contributed by atoms with Crippen LogP contribution in [-0.2, 0) is 15.8 Å². The van der Waals surface area contributed by atoms with E-state index in [-0.39, 0.29) is 5.75 Å². The molecular formula is C12H21N3O2S. The minimum Gasteiger partial charge on any atom is -0.399 e. The Balaban J connectivity index is 2.47. The molecule has 18 heavy (non-hydrogen) atoms. The average molecular weight is 271 g/mol. The van der Waals surface area contributed by atoms with Gasteiger partial charge < -0.3 is 10.6 Å². The van der Waals surface area contributed by atoms with Crippen molar-refractivity contribution in [3.05, 3.63) is 29.8 Å². The molecule has 1 aromatic carbocycles. The molecule has 0 aliphatic rings. The van der Waals surface area contributed by atoms with Gasteiger partial charge in [-0.25, -0.2) is 13.1 Å². The number of nitrogen functional groups attached to an aromatic ring is 1. The van der Waals surface area contributed by atoms with Crippen LogP contribution in [0.15, 0.2) is 24.3 Å². The van der Waals surface area contributed by atoms with E-state index in [1.54, 1.807) is 24.3 Å². The highest BCUT2D eigenvalue weighted by Crippen LogP contribution is 2.08. The van der Waals surface area contributed by atoms with Gasteiger partial charge in [0, 0.05) is 18.8 Å². The summed E-state index contributed by atoms with van der Waals surface area (Å²) in [5.74, 6) is -0.0108. The first-order valence-electron chi connectivity index (χ1n) is 5.93. The first-order valence-corrected chi connectivity index (χ1v) is 7.58. The van der Waals surface area contributed by atoms with Crippen molar-refractivity contribution >= 4 is 15.7 Å². The van der Waals surface area contributed by atoms with Crippen LogP contribution < -0.4 is 10.5 Å². The number of nitrogens with one attached hydrogen (secondary N) is 1. The molecule has 0 radical (unpaired) electrons. The smallest absolute Gasteiger partial charge is 0.215 e. The minimum absolute atomic E-state index is 0.0108. The topological polar surface area (TPSA) is 75.4 Å². The Morgan fingerprint density at radius 1 is 1.28 bits per heavy atom. The number of hydrogen-bond donors (Lipinski definition) is 2. The second kappa shape index (κ2) is 6.72. The maximum absolute atomic E-state index is 11.8. The quantitative estimate of drug-likeness (QED) is 0.714. The van der Waals surface area contributed by atoms with E-state index in [0.717, 1.165) is 12.1 Å². The molecule has 1 aromatic rings. The summed E-state index contributed by atoms with van der Waals surface area (Å²) in [6.45, 7) is 4.07. The van der Waals surface area contributed by atoms with Gasteiger partial charge in [0.25, 0.3) is 0 Å². The van der Waals surface area contributed by atoms with Gasteiger partial charge in [0.2, 0.25) is 10.0 Å². The zero-order valence-corrected chi connectivity index (χ0v) is 11.7. The fourth-order valence-electron chi connectivity index (χ4n) is 1.43. The number of sulfonamides is 1. The van der Waals surface area contributed by atoms with Gasteiger partial charge in [-0.05, 0) is 31.3 Å². The fourth-order valence-corrected chi connectivity index (χ4v) is 2.57. The van der Waals surface area contributed by atoms with Crippen molar-refractivity contribution in [2.45, 2.75) is 12.7 Å². The second-order valence-corrected chi connectivity index (χ2v) is 6.10. The Morgan fingerprint density at radius 2 is 1.89 bits per heavy atom. The molecule has 0 bridgehead atoms. The van der Waals surface area contributed by atoms with Gasteiger partial charge in [-0.3, -0.25) is 0 Å². The van der Waals surface area contributed by atoms with Crippen LogP contribution in [0.4, 0.5) is 5.69 Å². The lowest BCUT2D eigenvalue weighted by Crippen LogP contribution is -2.33. The van der Waals surface area contributed by atoms with Gasteiger partial charge in [-0.1, -0.05) is 19.1 Å². The monoisotopic (exact) mass is 271 g/mol. The van der Waals surface area contributed by atoms with Crippen LogP contribution in [0.3, 0.4) is 0 Å². The Labute approximate surface area is 109 Å². The van der Waals surface area contributed by atoms with Crippen LogP contribution in [-0.4, -0.2) is 40.0 Å². The molecule has 6 heteroatoms. The molecule has 0 amide bonds. The summed E-state index contributed by atoms with van der Waals surface area (Å²) in [4.78, 5) is 2.05. The van der Waals surface area contributed by atoms with E-state index < -0.39 is 10.0 Å².